The summed E-state index contributed by atoms with van der Waals surface area (Å²) in [5, 5.41) is 3.95. The van der Waals surface area contributed by atoms with Gasteiger partial charge >= 0.3 is 0 Å². The van der Waals surface area contributed by atoms with E-state index in [0.717, 1.165) is 21.7 Å². The van der Waals surface area contributed by atoms with E-state index in [-0.39, 0.29) is 5.78 Å². The molecule has 102 valence electrons. The Morgan fingerprint density at radius 2 is 1.85 bits per heavy atom. The van der Waals surface area contributed by atoms with Gasteiger partial charge in [0.1, 0.15) is 5.82 Å². The lowest BCUT2D eigenvalue weighted by molar-refractivity contribution is 0.533. The molecule has 0 aliphatic rings. The van der Waals surface area contributed by atoms with Gasteiger partial charge < -0.3 is 0 Å². The maximum Gasteiger partial charge on any atom is 0.262 e. The molecule has 3 rings (SSSR count). The molecule has 0 radical (unpaired) electrons. The SMILES string of the molecule is Cc1nc2n(-c3ccc(C)c(C)c3)c(=O)cc(F)n2n1. The lowest BCUT2D eigenvalue weighted by Gasteiger charge is -2.09. The molecule has 3 aromatic rings. The van der Waals surface area contributed by atoms with E-state index in [0.29, 0.717) is 11.5 Å². The molecular formula is C14H13FN4O. The van der Waals surface area contributed by atoms with Crippen LogP contribution < -0.4 is 5.56 Å². The van der Waals surface area contributed by atoms with Crippen LogP contribution in [-0.2, 0) is 0 Å². The molecule has 0 saturated carbocycles. The van der Waals surface area contributed by atoms with Gasteiger partial charge in [0.2, 0.25) is 11.7 Å². The molecule has 0 aliphatic carbocycles. The summed E-state index contributed by atoms with van der Waals surface area (Å²) < 4.78 is 16.1. The molecule has 0 spiro atoms. The van der Waals surface area contributed by atoms with E-state index in [1.807, 2.05) is 32.0 Å². The van der Waals surface area contributed by atoms with Crippen molar-refractivity contribution in [3.63, 3.8) is 0 Å². The number of fused-ring (bicyclic) bond motifs is 1. The third-order valence-electron chi connectivity index (χ3n) is 3.31. The monoisotopic (exact) mass is 272 g/mol. The van der Waals surface area contributed by atoms with Gasteiger partial charge in [-0.3, -0.25) is 4.79 Å². The number of hydrogen-bond donors (Lipinski definition) is 0. The molecule has 0 unspecified atom stereocenters. The first-order valence-corrected chi connectivity index (χ1v) is 6.20. The molecule has 0 fully saturated rings. The molecular weight excluding hydrogens is 259 g/mol. The predicted octanol–water partition coefficient (Wildman–Crippen LogP) is 1.94. The number of aryl methyl sites for hydroxylation is 3. The third-order valence-corrected chi connectivity index (χ3v) is 3.31. The van der Waals surface area contributed by atoms with Crippen molar-refractivity contribution in [3.8, 4) is 5.69 Å². The highest BCUT2D eigenvalue weighted by atomic mass is 19.1. The van der Waals surface area contributed by atoms with E-state index in [9.17, 15) is 9.18 Å². The van der Waals surface area contributed by atoms with Crippen molar-refractivity contribution in [1.82, 2.24) is 19.2 Å². The lowest BCUT2D eigenvalue weighted by Crippen LogP contribution is -2.22. The van der Waals surface area contributed by atoms with Crippen LogP contribution in [0.3, 0.4) is 0 Å². The maximum absolute atomic E-state index is 13.7. The van der Waals surface area contributed by atoms with Crippen molar-refractivity contribution in [2.75, 3.05) is 0 Å². The number of aromatic nitrogens is 4. The van der Waals surface area contributed by atoms with Crippen LogP contribution in [0.5, 0.6) is 0 Å². The van der Waals surface area contributed by atoms with Gasteiger partial charge in [-0.05, 0) is 44.0 Å². The number of nitrogens with zero attached hydrogens (tertiary/aromatic N) is 4. The van der Waals surface area contributed by atoms with Crippen LogP contribution in [0.4, 0.5) is 4.39 Å². The van der Waals surface area contributed by atoms with Gasteiger partial charge in [-0.25, -0.2) is 4.57 Å². The van der Waals surface area contributed by atoms with Crippen molar-refractivity contribution < 1.29 is 4.39 Å². The van der Waals surface area contributed by atoms with Crippen molar-refractivity contribution in [3.05, 3.63) is 57.5 Å². The fraction of sp³-hybridized carbons (Fsp3) is 0.214. The summed E-state index contributed by atoms with van der Waals surface area (Å²) in [5.74, 6) is -0.131. The number of halogens is 1. The zero-order valence-corrected chi connectivity index (χ0v) is 11.4. The molecule has 0 atom stereocenters. The maximum atomic E-state index is 13.7. The highest BCUT2D eigenvalue weighted by molar-refractivity contribution is 5.46. The average molecular weight is 272 g/mol. The summed E-state index contributed by atoms with van der Waals surface area (Å²) >= 11 is 0. The zero-order chi connectivity index (χ0) is 14.4. The minimum absolute atomic E-state index is 0.177. The predicted molar refractivity (Wildman–Crippen MR) is 72.8 cm³/mol. The molecule has 2 aromatic heterocycles. The van der Waals surface area contributed by atoms with Gasteiger partial charge in [0, 0.05) is 0 Å². The minimum atomic E-state index is -0.717. The van der Waals surface area contributed by atoms with E-state index in [1.165, 1.54) is 4.57 Å². The Morgan fingerprint density at radius 1 is 1.10 bits per heavy atom. The Labute approximate surface area is 114 Å². The van der Waals surface area contributed by atoms with Crippen LogP contribution in [-0.4, -0.2) is 19.2 Å². The summed E-state index contributed by atoms with van der Waals surface area (Å²) in [4.78, 5) is 16.2. The fourth-order valence-electron chi connectivity index (χ4n) is 2.13. The summed E-state index contributed by atoms with van der Waals surface area (Å²) in [6.45, 7) is 5.60. The van der Waals surface area contributed by atoms with Crippen molar-refractivity contribution in [2.24, 2.45) is 0 Å². The molecule has 0 amide bonds. The number of hydrogen-bond acceptors (Lipinski definition) is 3. The van der Waals surface area contributed by atoms with E-state index in [4.69, 9.17) is 0 Å². The molecule has 6 heteroatoms. The summed E-state index contributed by atoms with van der Waals surface area (Å²) in [7, 11) is 0. The van der Waals surface area contributed by atoms with E-state index >= 15 is 0 Å². The van der Waals surface area contributed by atoms with Gasteiger partial charge in [0.15, 0.2) is 0 Å². The minimum Gasteiger partial charge on any atom is -0.269 e. The van der Waals surface area contributed by atoms with E-state index < -0.39 is 11.5 Å². The Morgan fingerprint density at radius 3 is 2.55 bits per heavy atom. The highest BCUT2D eigenvalue weighted by Crippen LogP contribution is 2.15. The number of benzene rings is 1. The van der Waals surface area contributed by atoms with Crippen LogP contribution in [0.1, 0.15) is 17.0 Å². The highest BCUT2D eigenvalue weighted by Gasteiger charge is 2.14. The normalized spacial score (nSPS) is 11.2. The number of rotatable bonds is 1. The molecule has 0 bridgehead atoms. The molecule has 20 heavy (non-hydrogen) atoms. The Kier molecular flexibility index (Phi) is 2.67. The average Bonchev–Trinajstić information content (AvgIpc) is 2.75. The molecule has 0 aliphatic heterocycles. The van der Waals surface area contributed by atoms with Crippen LogP contribution in [0, 0.1) is 26.7 Å². The summed E-state index contributed by atoms with van der Waals surface area (Å²) in [5.41, 5.74) is 2.35. The second kappa shape index (κ2) is 4.26. The first kappa shape index (κ1) is 12.5. The van der Waals surface area contributed by atoms with Crippen LogP contribution >= 0.6 is 0 Å². The second-order valence-corrected chi connectivity index (χ2v) is 4.78. The smallest absolute Gasteiger partial charge is 0.262 e. The van der Waals surface area contributed by atoms with E-state index in [1.54, 1.807) is 6.92 Å². The Bertz CT molecular complexity index is 879. The van der Waals surface area contributed by atoms with Gasteiger partial charge in [-0.2, -0.15) is 13.9 Å². The largest absolute Gasteiger partial charge is 0.269 e. The van der Waals surface area contributed by atoms with Crippen LogP contribution in [0.2, 0.25) is 0 Å². The first-order valence-electron chi connectivity index (χ1n) is 6.20. The first-order chi connectivity index (χ1) is 9.47. The molecule has 2 heterocycles. The van der Waals surface area contributed by atoms with Gasteiger partial charge in [-0.15, -0.1) is 5.10 Å². The fourth-order valence-corrected chi connectivity index (χ4v) is 2.13. The Hall–Kier alpha value is -2.50. The third kappa shape index (κ3) is 1.80. The Balaban J connectivity index is 2.40. The van der Waals surface area contributed by atoms with Crippen LogP contribution in [0.25, 0.3) is 11.5 Å². The van der Waals surface area contributed by atoms with Gasteiger partial charge in [0.05, 0.1) is 11.8 Å². The van der Waals surface area contributed by atoms with Crippen molar-refractivity contribution in [2.45, 2.75) is 20.8 Å². The van der Waals surface area contributed by atoms with Crippen LogP contribution in [0.15, 0.2) is 29.1 Å². The molecule has 5 nitrogen and oxygen atoms in total. The summed E-state index contributed by atoms with van der Waals surface area (Å²) in [6.07, 6.45) is 0. The van der Waals surface area contributed by atoms with Gasteiger partial charge in [-0.1, -0.05) is 6.07 Å². The van der Waals surface area contributed by atoms with Gasteiger partial charge in [0.25, 0.3) is 5.56 Å². The molecule has 1 aromatic carbocycles. The van der Waals surface area contributed by atoms with E-state index in [2.05, 4.69) is 10.1 Å². The topological polar surface area (TPSA) is 52.2 Å². The quantitative estimate of drug-likeness (QED) is 0.636. The second-order valence-electron chi connectivity index (χ2n) is 4.78. The summed E-state index contributed by atoms with van der Waals surface area (Å²) in [6, 6.07) is 6.51. The lowest BCUT2D eigenvalue weighted by atomic mass is 10.1. The zero-order valence-electron chi connectivity index (χ0n) is 11.4. The standard InChI is InChI=1S/C14H13FN4O/c1-8-4-5-11(6-9(8)2)18-13(20)7-12(15)19-14(18)16-10(3)17-19/h4-7H,1-3H3. The molecule has 0 saturated heterocycles. The van der Waals surface area contributed by atoms with Crippen molar-refractivity contribution in [1.29, 1.82) is 0 Å². The molecule has 0 N–H and O–H groups in total. The van der Waals surface area contributed by atoms with Crippen molar-refractivity contribution >= 4 is 5.78 Å².